The average Bonchev–Trinajstić information content (AvgIpc) is 2.67. The first-order chi connectivity index (χ1) is 13.0. The van der Waals surface area contributed by atoms with Crippen LogP contribution in [0.2, 0.25) is 5.02 Å². The highest BCUT2D eigenvalue weighted by Gasteiger charge is 2.18. The molecule has 2 heterocycles. The Labute approximate surface area is 162 Å². The maximum Gasteiger partial charge on any atom is 0.335 e. The lowest BCUT2D eigenvalue weighted by atomic mass is 10.1. The summed E-state index contributed by atoms with van der Waals surface area (Å²) in [6.07, 6.45) is 0. The van der Waals surface area contributed by atoms with Crippen molar-refractivity contribution in [3.8, 4) is 5.75 Å². The van der Waals surface area contributed by atoms with Gasteiger partial charge in [0, 0.05) is 32.1 Å². The molecule has 1 saturated heterocycles. The quantitative estimate of drug-likeness (QED) is 0.696. The van der Waals surface area contributed by atoms with Crippen LogP contribution in [0.15, 0.2) is 23.3 Å². The summed E-state index contributed by atoms with van der Waals surface area (Å²) in [5.41, 5.74) is 3.76. The van der Waals surface area contributed by atoms with E-state index < -0.39 is 0 Å². The lowest BCUT2D eigenvalue weighted by Gasteiger charge is -2.29. The summed E-state index contributed by atoms with van der Waals surface area (Å²) in [5.74, 6) is 0.179. The number of hydrazone groups is 1. The topological polar surface area (TPSA) is 95.5 Å². The Morgan fingerprint density at radius 2 is 2.19 bits per heavy atom. The van der Waals surface area contributed by atoms with Crippen molar-refractivity contribution in [2.24, 2.45) is 5.10 Å². The minimum absolute atomic E-state index is 0.202. The summed E-state index contributed by atoms with van der Waals surface area (Å²) in [7, 11) is 0. The van der Waals surface area contributed by atoms with Gasteiger partial charge in [0.15, 0.2) is 5.75 Å². The van der Waals surface area contributed by atoms with E-state index in [0.717, 1.165) is 18.7 Å². The molecule has 3 amide bonds. The minimum atomic E-state index is -0.345. The number of halogens is 1. The highest BCUT2D eigenvalue weighted by Crippen LogP contribution is 2.26. The van der Waals surface area contributed by atoms with Crippen LogP contribution < -0.4 is 15.6 Å². The van der Waals surface area contributed by atoms with Crippen LogP contribution in [0.1, 0.15) is 12.5 Å². The maximum absolute atomic E-state index is 11.9. The predicted molar refractivity (Wildman–Crippen MR) is 99.8 cm³/mol. The van der Waals surface area contributed by atoms with Crippen LogP contribution in [-0.4, -0.2) is 73.6 Å². The number of hydrogen-bond acceptors (Lipinski definition) is 6. The van der Waals surface area contributed by atoms with Crippen molar-refractivity contribution in [3.63, 3.8) is 0 Å². The molecule has 2 N–H and O–H groups in total. The molecule has 9 nitrogen and oxygen atoms in total. The van der Waals surface area contributed by atoms with Gasteiger partial charge in [-0.15, -0.1) is 0 Å². The molecule has 10 heteroatoms. The summed E-state index contributed by atoms with van der Waals surface area (Å²) in [4.78, 5) is 31.0. The molecule has 146 valence electrons. The molecule has 1 aromatic rings. The standard InChI is InChI=1S/C17H22ClN5O4/c1-12(24)23(5-4-22-6-8-26-9-7-22)27-16-3-2-13(10-14(16)18)15-11-19-17(25)21-20-15/h2-3,10H,4-9,11H2,1H3,(H2,19,21,25). The molecular formula is C17H22ClN5O4. The highest BCUT2D eigenvalue weighted by atomic mass is 35.5. The summed E-state index contributed by atoms with van der Waals surface area (Å²) in [6, 6.07) is 4.80. The molecule has 0 saturated carbocycles. The van der Waals surface area contributed by atoms with Crippen LogP contribution >= 0.6 is 11.6 Å². The van der Waals surface area contributed by atoms with Gasteiger partial charge in [-0.3, -0.25) is 9.69 Å². The van der Waals surface area contributed by atoms with E-state index in [1.165, 1.54) is 12.0 Å². The molecule has 0 aliphatic carbocycles. The zero-order chi connectivity index (χ0) is 19.2. The second-order valence-electron chi connectivity index (χ2n) is 6.16. The van der Waals surface area contributed by atoms with Crippen molar-refractivity contribution in [2.75, 3.05) is 45.9 Å². The number of ether oxygens (including phenoxy) is 1. The first kappa shape index (κ1) is 19.4. The molecule has 0 radical (unpaired) electrons. The molecule has 1 fully saturated rings. The Balaban J connectivity index is 1.63. The van der Waals surface area contributed by atoms with Crippen molar-refractivity contribution in [3.05, 3.63) is 28.8 Å². The lowest BCUT2D eigenvalue weighted by Crippen LogP contribution is -2.43. The van der Waals surface area contributed by atoms with Gasteiger partial charge in [-0.05, 0) is 18.2 Å². The maximum atomic E-state index is 11.9. The SMILES string of the molecule is CC(=O)N(CCN1CCOCC1)Oc1ccc(C2=NNC(=O)NC2)cc1Cl. The van der Waals surface area contributed by atoms with Gasteiger partial charge in [-0.2, -0.15) is 10.2 Å². The van der Waals surface area contributed by atoms with Gasteiger partial charge in [0.1, 0.15) is 0 Å². The van der Waals surface area contributed by atoms with Crippen molar-refractivity contribution in [1.29, 1.82) is 0 Å². The number of nitrogens with zero attached hydrogens (tertiary/aromatic N) is 3. The lowest BCUT2D eigenvalue weighted by molar-refractivity contribution is -0.155. The van der Waals surface area contributed by atoms with E-state index in [4.69, 9.17) is 21.2 Å². The fourth-order valence-electron chi connectivity index (χ4n) is 2.73. The zero-order valence-corrected chi connectivity index (χ0v) is 15.8. The zero-order valence-electron chi connectivity index (χ0n) is 15.0. The Morgan fingerprint density at radius 1 is 1.41 bits per heavy atom. The first-order valence-corrected chi connectivity index (χ1v) is 9.07. The number of morpholine rings is 1. The van der Waals surface area contributed by atoms with Gasteiger partial charge in [0.2, 0.25) is 0 Å². The van der Waals surface area contributed by atoms with E-state index >= 15 is 0 Å². The number of carbonyl (C=O) groups excluding carboxylic acids is 2. The number of hydrogen-bond donors (Lipinski definition) is 2. The monoisotopic (exact) mass is 395 g/mol. The Bertz CT molecular complexity index is 736. The fraction of sp³-hybridized carbons (Fsp3) is 0.471. The fourth-order valence-corrected chi connectivity index (χ4v) is 2.94. The number of nitrogens with one attached hydrogen (secondary N) is 2. The Kier molecular flexibility index (Phi) is 6.49. The third kappa shape index (κ3) is 5.31. The molecule has 2 aliphatic rings. The van der Waals surface area contributed by atoms with Crippen LogP contribution in [0.25, 0.3) is 0 Å². The molecular weight excluding hydrogens is 374 g/mol. The number of hydroxylamine groups is 2. The number of carbonyl (C=O) groups is 2. The van der Waals surface area contributed by atoms with Crippen molar-refractivity contribution in [2.45, 2.75) is 6.92 Å². The van der Waals surface area contributed by atoms with Crippen LogP contribution in [0, 0.1) is 0 Å². The van der Waals surface area contributed by atoms with Crippen LogP contribution in [0.5, 0.6) is 5.75 Å². The number of amides is 3. The first-order valence-electron chi connectivity index (χ1n) is 8.69. The van der Waals surface area contributed by atoms with E-state index in [-0.39, 0.29) is 11.9 Å². The summed E-state index contributed by atoms with van der Waals surface area (Å²) in [6.45, 7) is 5.97. The predicted octanol–water partition coefficient (Wildman–Crippen LogP) is 0.831. The second-order valence-corrected chi connectivity index (χ2v) is 6.57. The van der Waals surface area contributed by atoms with Crippen LogP contribution in [0.3, 0.4) is 0 Å². The molecule has 0 bridgehead atoms. The van der Waals surface area contributed by atoms with Gasteiger partial charge in [-0.1, -0.05) is 11.6 Å². The van der Waals surface area contributed by atoms with E-state index in [0.29, 0.717) is 49.3 Å². The molecule has 3 rings (SSSR count). The molecule has 1 aromatic carbocycles. The molecule has 0 atom stereocenters. The Hall–Kier alpha value is -2.36. The third-order valence-corrected chi connectivity index (χ3v) is 4.55. The molecule has 0 unspecified atom stereocenters. The van der Waals surface area contributed by atoms with E-state index in [1.54, 1.807) is 18.2 Å². The number of benzene rings is 1. The molecule has 27 heavy (non-hydrogen) atoms. The summed E-state index contributed by atoms with van der Waals surface area (Å²) >= 11 is 6.32. The summed E-state index contributed by atoms with van der Waals surface area (Å²) < 4.78 is 5.32. The highest BCUT2D eigenvalue weighted by molar-refractivity contribution is 6.32. The summed E-state index contributed by atoms with van der Waals surface area (Å²) in [5, 5.41) is 8.29. The van der Waals surface area contributed by atoms with Crippen molar-refractivity contribution < 1.29 is 19.2 Å². The van der Waals surface area contributed by atoms with Gasteiger partial charge in [0.25, 0.3) is 5.91 Å². The molecule has 0 aromatic heterocycles. The van der Waals surface area contributed by atoms with Gasteiger partial charge in [0.05, 0.1) is 37.0 Å². The average molecular weight is 396 g/mol. The Morgan fingerprint density at radius 3 is 2.81 bits per heavy atom. The largest absolute Gasteiger partial charge is 0.379 e. The minimum Gasteiger partial charge on any atom is -0.379 e. The van der Waals surface area contributed by atoms with Gasteiger partial charge >= 0.3 is 6.03 Å². The van der Waals surface area contributed by atoms with E-state index in [9.17, 15) is 9.59 Å². The smallest absolute Gasteiger partial charge is 0.335 e. The van der Waals surface area contributed by atoms with Gasteiger partial charge < -0.3 is 14.9 Å². The van der Waals surface area contributed by atoms with E-state index in [2.05, 4.69) is 20.7 Å². The molecule has 2 aliphatic heterocycles. The van der Waals surface area contributed by atoms with Crippen LogP contribution in [0.4, 0.5) is 4.79 Å². The number of urea groups is 1. The van der Waals surface area contributed by atoms with Crippen LogP contribution in [-0.2, 0) is 9.53 Å². The third-order valence-electron chi connectivity index (χ3n) is 4.26. The second kappa shape index (κ2) is 9.03. The molecule has 0 spiro atoms. The van der Waals surface area contributed by atoms with E-state index in [1.807, 2.05) is 0 Å². The normalized spacial score (nSPS) is 17.6. The van der Waals surface area contributed by atoms with Crippen molar-refractivity contribution in [1.82, 2.24) is 20.7 Å². The van der Waals surface area contributed by atoms with Crippen molar-refractivity contribution >= 4 is 29.3 Å². The van der Waals surface area contributed by atoms with Gasteiger partial charge in [-0.25, -0.2) is 10.2 Å². The number of rotatable bonds is 6.